The maximum atomic E-state index is 11.9. The Balaban J connectivity index is 1.93. The summed E-state index contributed by atoms with van der Waals surface area (Å²) in [6.45, 7) is 3.98. The third-order valence-corrected chi connectivity index (χ3v) is 3.57. The third-order valence-electron chi connectivity index (χ3n) is 3.12. The molecule has 1 amide bonds. The first kappa shape index (κ1) is 16.3. The van der Waals surface area contributed by atoms with Crippen molar-refractivity contribution in [3.8, 4) is 0 Å². The molecule has 2 rings (SSSR count). The molecule has 114 valence electrons. The minimum Gasteiger partial charge on any atom is -0.331 e. The lowest BCUT2D eigenvalue weighted by Gasteiger charge is -2.15. The van der Waals surface area contributed by atoms with Gasteiger partial charge in [-0.3, -0.25) is 15.6 Å². The van der Waals surface area contributed by atoms with Crippen LogP contribution in [0.4, 0.5) is 5.69 Å². The smallest absolute Gasteiger partial charge is 0.269 e. The molecule has 0 aromatic heterocycles. The fourth-order valence-corrected chi connectivity index (χ4v) is 2.22. The van der Waals surface area contributed by atoms with Crippen LogP contribution in [0.2, 0.25) is 5.02 Å². The van der Waals surface area contributed by atoms with Gasteiger partial charge in [0, 0.05) is 16.3 Å². The summed E-state index contributed by atoms with van der Waals surface area (Å²) in [4.78, 5) is 11.9. The quantitative estimate of drug-likeness (QED) is 0.580. The molecule has 0 aliphatic heterocycles. The predicted molar refractivity (Wildman–Crippen MR) is 94.2 cm³/mol. The molecule has 0 unspecified atom stereocenters. The lowest BCUT2D eigenvalue weighted by atomic mass is 10.1. The number of halogens is 1. The zero-order chi connectivity index (χ0) is 16.1. The minimum atomic E-state index is -0.290. The molecule has 0 fully saturated rings. The Morgan fingerprint density at radius 3 is 2.18 bits per heavy atom. The lowest BCUT2D eigenvalue weighted by Crippen LogP contribution is -2.43. The van der Waals surface area contributed by atoms with Crippen LogP contribution in [-0.4, -0.2) is 11.0 Å². The second kappa shape index (κ2) is 7.24. The summed E-state index contributed by atoms with van der Waals surface area (Å²) in [5.41, 5.74) is 8.81. The molecule has 3 N–H and O–H groups in total. The van der Waals surface area contributed by atoms with Gasteiger partial charge in [0.1, 0.15) is 0 Å². The van der Waals surface area contributed by atoms with Gasteiger partial charge in [-0.15, -0.1) is 0 Å². The average Bonchev–Trinajstić information content (AvgIpc) is 2.49. The molecule has 0 saturated carbocycles. The highest BCUT2D eigenvalue weighted by Crippen LogP contribution is 2.19. The SMILES string of the molecule is Cc1cccc(C)c1NC(=S)NNC(=O)c1ccc(Cl)cc1. The van der Waals surface area contributed by atoms with Crippen molar-refractivity contribution in [2.75, 3.05) is 5.32 Å². The lowest BCUT2D eigenvalue weighted by molar-refractivity contribution is 0.0944. The monoisotopic (exact) mass is 333 g/mol. The van der Waals surface area contributed by atoms with Crippen LogP contribution < -0.4 is 16.2 Å². The molecule has 0 aliphatic carbocycles. The van der Waals surface area contributed by atoms with E-state index in [2.05, 4.69) is 16.2 Å². The van der Waals surface area contributed by atoms with E-state index < -0.39 is 0 Å². The van der Waals surface area contributed by atoms with Crippen LogP contribution in [0.1, 0.15) is 21.5 Å². The Bertz CT molecular complexity index is 681. The minimum absolute atomic E-state index is 0.290. The number of para-hydroxylation sites is 1. The van der Waals surface area contributed by atoms with Crippen LogP contribution in [0.3, 0.4) is 0 Å². The average molecular weight is 334 g/mol. The number of hydrogen-bond donors (Lipinski definition) is 3. The van der Waals surface area contributed by atoms with Gasteiger partial charge in [0.05, 0.1) is 0 Å². The van der Waals surface area contributed by atoms with Crippen LogP contribution >= 0.6 is 23.8 Å². The van der Waals surface area contributed by atoms with Gasteiger partial charge in [-0.25, -0.2) is 0 Å². The molecule has 0 bridgehead atoms. The summed E-state index contributed by atoms with van der Waals surface area (Å²) in [7, 11) is 0. The zero-order valence-corrected chi connectivity index (χ0v) is 13.8. The number of anilines is 1. The molecule has 0 radical (unpaired) electrons. The summed E-state index contributed by atoms with van der Waals surface area (Å²) in [6, 6.07) is 12.6. The normalized spacial score (nSPS) is 9.95. The first-order valence-corrected chi connectivity index (χ1v) is 7.45. The maximum absolute atomic E-state index is 11.9. The van der Waals surface area contributed by atoms with Crippen molar-refractivity contribution in [2.45, 2.75) is 13.8 Å². The highest BCUT2D eigenvalue weighted by atomic mass is 35.5. The van der Waals surface area contributed by atoms with Gasteiger partial charge in [-0.05, 0) is 61.5 Å². The van der Waals surface area contributed by atoms with Gasteiger partial charge in [-0.2, -0.15) is 0 Å². The predicted octanol–water partition coefficient (Wildman–Crippen LogP) is 3.59. The second-order valence-corrected chi connectivity index (χ2v) is 5.65. The Morgan fingerprint density at radius 1 is 1.00 bits per heavy atom. The number of carbonyl (C=O) groups is 1. The van der Waals surface area contributed by atoms with Gasteiger partial charge in [0.15, 0.2) is 5.11 Å². The number of amides is 1. The van der Waals surface area contributed by atoms with Crippen molar-refractivity contribution in [3.05, 3.63) is 64.2 Å². The number of rotatable bonds is 2. The number of hydrazine groups is 1. The highest BCUT2D eigenvalue weighted by molar-refractivity contribution is 7.80. The van der Waals surface area contributed by atoms with E-state index in [1.807, 2.05) is 32.0 Å². The first-order valence-electron chi connectivity index (χ1n) is 6.66. The van der Waals surface area contributed by atoms with Gasteiger partial charge >= 0.3 is 0 Å². The summed E-state index contributed by atoms with van der Waals surface area (Å²) in [5.74, 6) is -0.290. The molecule has 0 heterocycles. The summed E-state index contributed by atoms with van der Waals surface area (Å²) >= 11 is 11.0. The van der Waals surface area contributed by atoms with Crippen molar-refractivity contribution in [1.29, 1.82) is 0 Å². The fraction of sp³-hybridized carbons (Fsp3) is 0.125. The number of aryl methyl sites for hydroxylation is 2. The second-order valence-electron chi connectivity index (χ2n) is 4.81. The van der Waals surface area contributed by atoms with E-state index in [1.54, 1.807) is 24.3 Å². The Hall–Kier alpha value is -2.11. The Kier molecular flexibility index (Phi) is 5.35. The van der Waals surface area contributed by atoms with E-state index in [1.165, 1.54) is 0 Å². The Labute approximate surface area is 139 Å². The molecule has 22 heavy (non-hydrogen) atoms. The van der Waals surface area contributed by atoms with Gasteiger partial charge in [0.25, 0.3) is 5.91 Å². The largest absolute Gasteiger partial charge is 0.331 e. The van der Waals surface area contributed by atoms with Crippen LogP contribution in [0.15, 0.2) is 42.5 Å². The van der Waals surface area contributed by atoms with Crippen molar-refractivity contribution in [1.82, 2.24) is 10.9 Å². The maximum Gasteiger partial charge on any atom is 0.269 e. The molecule has 0 atom stereocenters. The topological polar surface area (TPSA) is 53.2 Å². The van der Waals surface area contributed by atoms with Crippen molar-refractivity contribution in [2.24, 2.45) is 0 Å². The van der Waals surface area contributed by atoms with Crippen LogP contribution in [0.5, 0.6) is 0 Å². The van der Waals surface area contributed by atoms with E-state index in [-0.39, 0.29) is 5.91 Å². The number of nitrogens with one attached hydrogen (secondary N) is 3. The summed E-state index contributed by atoms with van der Waals surface area (Å²) in [6.07, 6.45) is 0. The first-order chi connectivity index (χ1) is 10.5. The van der Waals surface area contributed by atoms with E-state index in [0.717, 1.165) is 16.8 Å². The van der Waals surface area contributed by atoms with Crippen molar-refractivity contribution < 1.29 is 4.79 Å². The van der Waals surface area contributed by atoms with Gasteiger partial charge in [-0.1, -0.05) is 29.8 Å². The molecule has 0 saturated heterocycles. The fourth-order valence-electron chi connectivity index (χ4n) is 1.94. The van der Waals surface area contributed by atoms with Crippen molar-refractivity contribution in [3.63, 3.8) is 0 Å². The standard InChI is InChI=1S/C16H16ClN3OS/c1-10-4-3-5-11(2)14(10)18-16(22)20-19-15(21)12-6-8-13(17)9-7-12/h3-9H,1-2H3,(H,19,21)(H2,18,20,22). The number of benzene rings is 2. The molecule has 6 heteroatoms. The molecule has 2 aromatic carbocycles. The summed E-state index contributed by atoms with van der Waals surface area (Å²) < 4.78 is 0. The molecule has 0 spiro atoms. The van der Waals surface area contributed by atoms with Crippen LogP contribution in [-0.2, 0) is 0 Å². The van der Waals surface area contributed by atoms with Crippen molar-refractivity contribution >= 4 is 40.5 Å². The van der Waals surface area contributed by atoms with Gasteiger partial charge < -0.3 is 5.32 Å². The molecular weight excluding hydrogens is 318 g/mol. The number of thiocarbonyl (C=S) groups is 1. The Morgan fingerprint density at radius 2 is 1.59 bits per heavy atom. The number of hydrogen-bond acceptors (Lipinski definition) is 2. The molecular formula is C16H16ClN3OS. The van der Waals surface area contributed by atoms with E-state index >= 15 is 0 Å². The third kappa shape index (κ3) is 4.19. The van der Waals surface area contributed by atoms with Gasteiger partial charge in [0.2, 0.25) is 0 Å². The molecule has 2 aromatic rings. The molecule has 4 nitrogen and oxygen atoms in total. The zero-order valence-electron chi connectivity index (χ0n) is 12.2. The number of carbonyl (C=O) groups excluding carboxylic acids is 1. The van der Waals surface area contributed by atoms with Crippen LogP contribution in [0, 0.1) is 13.8 Å². The van der Waals surface area contributed by atoms with E-state index in [9.17, 15) is 4.79 Å². The highest BCUT2D eigenvalue weighted by Gasteiger charge is 2.07. The molecule has 0 aliphatic rings. The van der Waals surface area contributed by atoms with E-state index in [0.29, 0.717) is 15.7 Å². The van der Waals surface area contributed by atoms with Crippen LogP contribution in [0.25, 0.3) is 0 Å². The summed E-state index contributed by atoms with van der Waals surface area (Å²) in [5, 5.41) is 3.98. The van der Waals surface area contributed by atoms with E-state index in [4.69, 9.17) is 23.8 Å².